The maximum Gasteiger partial charge on any atom is 0.265 e. The van der Waals surface area contributed by atoms with Crippen LogP contribution < -0.4 is 15.6 Å². The van der Waals surface area contributed by atoms with Gasteiger partial charge in [0, 0.05) is 30.8 Å². The number of nitrogens with one attached hydrogen (secondary N) is 1. The summed E-state index contributed by atoms with van der Waals surface area (Å²) in [7, 11) is -6.75. The lowest BCUT2D eigenvalue weighted by Gasteiger charge is -2.28. The molecule has 1 heterocycles. The molecule has 0 radical (unpaired) electrons. The molecule has 2 aromatic carbocycles. The number of hydrogen-bond donors (Lipinski definition) is 2. The lowest BCUT2D eigenvalue weighted by atomic mass is 10.1. The Morgan fingerprint density at radius 3 is 2.48 bits per heavy atom. The molecule has 1 saturated heterocycles. The Kier molecular flexibility index (Phi) is 7.73. The summed E-state index contributed by atoms with van der Waals surface area (Å²) in [5.41, 5.74) is 3.24. The highest BCUT2D eigenvalue weighted by Gasteiger charge is 2.24. The predicted molar refractivity (Wildman–Crippen MR) is 124 cm³/mol. The van der Waals surface area contributed by atoms with Gasteiger partial charge in [-0.15, -0.1) is 0 Å². The highest BCUT2D eigenvalue weighted by atomic mass is 32.2. The Morgan fingerprint density at radius 2 is 1.88 bits per heavy atom. The molecule has 3 N–H and O–H groups in total. The van der Waals surface area contributed by atoms with Crippen LogP contribution in [0.25, 0.3) is 0 Å². The largest absolute Gasteiger partial charge is 0.297 e. The summed E-state index contributed by atoms with van der Waals surface area (Å²) in [5, 5.41) is 0. The van der Waals surface area contributed by atoms with Crippen LogP contribution >= 0.6 is 0 Å². The molecule has 0 saturated carbocycles. The first-order valence-electron chi connectivity index (χ1n) is 10.4. The minimum Gasteiger partial charge on any atom is -0.297 e. The van der Waals surface area contributed by atoms with Crippen molar-refractivity contribution in [1.82, 2.24) is 10.3 Å². The third-order valence-corrected chi connectivity index (χ3v) is 8.85. The number of hydrazine groups is 1. The molecule has 1 aliphatic heterocycles. The number of nitrogens with two attached hydrogens (primary N) is 1. The van der Waals surface area contributed by atoms with Crippen molar-refractivity contribution in [3.63, 3.8) is 0 Å². The highest BCUT2D eigenvalue weighted by Crippen LogP contribution is 2.25. The van der Waals surface area contributed by atoms with Crippen LogP contribution in [0.1, 0.15) is 28.4 Å². The second kappa shape index (κ2) is 10.2. The Morgan fingerprint density at radius 1 is 1.18 bits per heavy atom. The van der Waals surface area contributed by atoms with E-state index in [1.165, 1.54) is 19.1 Å². The van der Waals surface area contributed by atoms with Crippen molar-refractivity contribution in [3.8, 4) is 0 Å². The number of benzene rings is 2. The third-order valence-electron chi connectivity index (χ3n) is 5.50. The van der Waals surface area contributed by atoms with E-state index in [0.717, 1.165) is 15.9 Å². The zero-order valence-corrected chi connectivity index (χ0v) is 19.8. The number of sulfonamides is 1. The van der Waals surface area contributed by atoms with E-state index < -0.39 is 31.6 Å². The highest BCUT2D eigenvalue weighted by molar-refractivity contribution is 7.92. The molecular formula is C21H27FN4O5S2. The van der Waals surface area contributed by atoms with Gasteiger partial charge in [0.05, 0.1) is 29.5 Å². The van der Waals surface area contributed by atoms with Gasteiger partial charge in [0.15, 0.2) is 9.84 Å². The van der Waals surface area contributed by atoms with E-state index in [0.29, 0.717) is 25.3 Å². The summed E-state index contributed by atoms with van der Waals surface area (Å²) in [6, 6.07) is 10.6. The predicted octanol–water partition coefficient (Wildman–Crippen LogP) is 1.02. The first-order chi connectivity index (χ1) is 15.5. The third kappa shape index (κ3) is 6.28. The monoisotopic (exact) mass is 498 g/mol. The average molecular weight is 499 g/mol. The van der Waals surface area contributed by atoms with Crippen LogP contribution in [0, 0.1) is 5.82 Å². The molecule has 9 nitrogen and oxygen atoms in total. The van der Waals surface area contributed by atoms with Gasteiger partial charge in [-0.2, -0.15) is 0 Å². The summed E-state index contributed by atoms with van der Waals surface area (Å²) in [6.45, 7) is 2.55. The van der Waals surface area contributed by atoms with Crippen molar-refractivity contribution >= 4 is 31.5 Å². The maximum atomic E-state index is 14.7. The molecule has 0 aliphatic carbocycles. The number of nitrogen functional groups attached to an aromatic ring is 1. The number of nitrogens with zero attached hydrogens (tertiary/aromatic N) is 2. The van der Waals surface area contributed by atoms with E-state index in [1.807, 2.05) is 16.4 Å². The lowest BCUT2D eigenvalue weighted by Crippen LogP contribution is -2.39. The number of halogens is 1. The second-order valence-corrected chi connectivity index (χ2v) is 12.3. The Balaban J connectivity index is 1.86. The van der Waals surface area contributed by atoms with Crippen molar-refractivity contribution < 1.29 is 26.0 Å². The van der Waals surface area contributed by atoms with Crippen LogP contribution in [0.4, 0.5) is 10.1 Å². The van der Waals surface area contributed by atoms with Gasteiger partial charge in [0.2, 0.25) is 10.0 Å². The quantitative estimate of drug-likeness (QED) is 0.316. The fraction of sp³-hybridized carbons (Fsp3) is 0.381. The van der Waals surface area contributed by atoms with E-state index in [-0.39, 0.29) is 34.9 Å². The SMILES string of the molecule is CCS(=O)(=O)N(Cc1ccc(C(=O)NN)cc1F)c1cccc(CN2CCS(=O)(=O)CC2)c1. The molecule has 0 unspecified atom stereocenters. The molecular weight excluding hydrogens is 471 g/mol. The summed E-state index contributed by atoms with van der Waals surface area (Å²) in [5.74, 6) is 3.71. The van der Waals surface area contributed by atoms with Gasteiger partial charge in [-0.25, -0.2) is 27.1 Å². The fourth-order valence-corrected chi connectivity index (χ4v) is 5.90. The molecule has 0 aromatic heterocycles. The fourth-order valence-electron chi connectivity index (χ4n) is 3.54. The Bertz CT molecular complexity index is 1220. The number of hydrogen-bond acceptors (Lipinski definition) is 7. The molecule has 1 amide bonds. The molecule has 3 rings (SSSR count). The molecule has 0 atom stereocenters. The van der Waals surface area contributed by atoms with Gasteiger partial charge in [-0.05, 0) is 36.8 Å². The van der Waals surface area contributed by atoms with Crippen LogP contribution in [0.5, 0.6) is 0 Å². The summed E-state index contributed by atoms with van der Waals surface area (Å²) < 4.78 is 64.8. The molecule has 180 valence electrons. The Labute approximate surface area is 193 Å². The van der Waals surface area contributed by atoms with Crippen LogP contribution in [0.3, 0.4) is 0 Å². The van der Waals surface area contributed by atoms with Crippen LogP contribution in [0.2, 0.25) is 0 Å². The van der Waals surface area contributed by atoms with Gasteiger partial charge < -0.3 is 0 Å². The standard InChI is InChI=1S/C21H27FN4O5S2/c1-2-33(30,31)26(15-18-7-6-17(13-20(18)22)21(27)24-23)19-5-3-4-16(12-19)14-25-8-10-32(28,29)11-9-25/h3-7,12-13H,2,8-11,14-15,23H2,1H3,(H,24,27). The van der Waals surface area contributed by atoms with Crippen LogP contribution in [-0.4, -0.2) is 58.0 Å². The van der Waals surface area contributed by atoms with E-state index in [2.05, 4.69) is 0 Å². The lowest BCUT2D eigenvalue weighted by molar-refractivity contribution is 0.0953. The van der Waals surface area contributed by atoms with E-state index in [4.69, 9.17) is 5.84 Å². The zero-order chi connectivity index (χ0) is 24.2. The topological polar surface area (TPSA) is 130 Å². The van der Waals surface area contributed by atoms with Crippen LogP contribution in [0.15, 0.2) is 42.5 Å². The number of rotatable bonds is 8. The molecule has 0 bridgehead atoms. The second-order valence-electron chi connectivity index (χ2n) is 7.78. The zero-order valence-electron chi connectivity index (χ0n) is 18.2. The van der Waals surface area contributed by atoms with Crippen molar-refractivity contribution in [2.45, 2.75) is 20.0 Å². The molecule has 2 aromatic rings. The Hall–Kier alpha value is -2.54. The van der Waals surface area contributed by atoms with Crippen LogP contribution in [-0.2, 0) is 33.0 Å². The number of carbonyl (C=O) groups excluding carboxylic acids is 1. The molecule has 1 fully saturated rings. The normalized spacial score (nSPS) is 16.3. The first kappa shape index (κ1) is 25.1. The molecule has 1 aliphatic rings. The summed E-state index contributed by atoms with van der Waals surface area (Å²) >= 11 is 0. The van der Waals surface area contributed by atoms with E-state index in [1.54, 1.807) is 18.2 Å². The summed E-state index contributed by atoms with van der Waals surface area (Å²) in [6.07, 6.45) is 0. The molecule has 33 heavy (non-hydrogen) atoms. The van der Waals surface area contributed by atoms with Gasteiger partial charge in [0.1, 0.15) is 5.82 Å². The molecule has 12 heteroatoms. The van der Waals surface area contributed by atoms with Gasteiger partial charge in [-0.1, -0.05) is 18.2 Å². The number of carbonyl (C=O) groups is 1. The minimum atomic E-state index is -3.75. The van der Waals surface area contributed by atoms with E-state index >= 15 is 0 Å². The smallest absolute Gasteiger partial charge is 0.265 e. The average Bonchev–Trinajstić information content (AvgIpc) is 2.79. The summed E-state index contributed by atoms with van der Waals surface area (Å²) in [4.78, 5) is 13.6. The number of amides is 1. The minimum absolute atomic E-state index is 0.0224. The van der Waals surface area contributed by atoms with Crippen molar-refractivity contribution in [3.05, 3.63) is 65.0 Å². The van der Waals surface area contributed by atoms with Gasteiger partial charge in [-0.3, -0.25) is 19.4 Å². The van der Waals surface area contributed by atoms with Gasteiger partial charge in [0.25, 0.3) is 5.91 Å². The number of sulfone groups is 1. The maximum absolute atomic E-state index is 14.7. The van der Waals surface area contributed by atoms with Gasteiger partial charge >= 0.3 is 0 Å². The van der Waals surface area contributed by atoms with Crippen molar-refractivity contribution in [2.24, 2.45) is 5.84 Å². The number of anilines is 1. The van der Waals surface area contributed by atoms with Crippen molar-refractivity contribution in [2.75, 3.05) is 34.7 Å². The van der Waals surface area contributed by atoms with Crippen molar-refractivity contribution in [1.29, 1.82) is 0 Å². The molecule has 0 spiro atoms. The first-order valence-corrected chi connectivity index (χ1v) is 13.8. The van der Waals surface area contributed by atoms with E-state index in [9.17, 15) is 26.0 Å².